The average Bonchev–Trinajstić information content (AvgIpc) is 3.25. The van der Waals surface area contributed by atoms with E-state index in [1.165, 1.54) is 11.8 Å². The number of carbonyl (C=O) groups excluding carboxylic acids is 2. The molecule has 3 rings (SSSR count). The molecule has 7 heteroatoms. The molecule has 1 fully saturated rings. The summed E-state index contributed by atoms with van der Waals surface area (Å²) in [4.78, 5) is 26.4. The second-order valence-electron chi connectivity index (χ2n) is 7.83. The van der Waals surface area contributed by atoms with Crippen LogP contribution in [-0.4, -0.2) is 48.6 Å². The number of amides is 2. The van der Waals surface area contributed by atoms with E-state index in [1.54, 1.807) is 12.1 Å². The highest BCUT2D eigenvalue weighted by atomic mass is 16.5. The summed E-state index contributed by atoms with van der Waals surface area (Å²) in [6.07, 6.45) is 2.85. The Morgan fingerprint density at radius 3 is 2.47 bits per heavy atom. The predicted octanol–water partition coefficient (Wildman–Crippen LogP) is 2.72. The van der Waals surface area contributed by atoms with Crippen LogP contribution in [0.25, 0.3) is 0 Å². The summed E-state index contributed by atoms with van der Waals surface area (Å²) in [7, 11) is 0. The smallest absolute Gasteiger partial charge is 0.286 e. The quantitative estimate of drug-likeness (QED) is 0.618. The van der Waals surface area contributed by atoms with Crippen LogP contribution >= 0.6 is 0 Å². The van der Waals surface area contributed by atoms with Gasteiger partial charge in [0.25, 0.3) is 5.91 Å². The lowest BCUT2D eigenvalue weighted by Gasteiger charge is -2.35. The number of nitrogens with zero attached hydrogens (tertiary/aromatic N) is 1. The van der Waals surface area contributed by atoms with E-state index in [4.69, 9.17) is 9.15 Å². The first-order valence-electron chi connectivity index (χ1n) is 10.5. The zero-order valence-corrected chi connectivity index (χ0v) is 17.7. The van der Waals surface area contributed by atoms with Gasteiger partial charge in [-0.15, -0.1) is 0 Å². The Labute approximate surface area is 177 Å². The largest absolute Gasteiger partial charge is 0.459 e. The molecule has 1 aromatic carbocycles. The van der Waals surface area contributed by atoms with Crippen molar-refractivity contribution in [3.8, 4) is 0 Å². The van der Waals surface area contributed by atoms with Gasteiger partial charge in [0.1, 0.15) is 0 Å². The summed E-state index contributed by atoms with van der Waals surface area (Å²) in [5, 5.41) is 5.74. The molecular formula is C23H31N3O4. The van der Waals surface area contributed by atoms with Crippen molar-refractivity contribution in [3.63, 3.8) is 0 Å². The molecule has 0 spiro atoms. The molecule has 162 valence electrons. The van der Waals surface area contributed by atoms with E-state index in [1.807, 2.05) is 12.1 Å². The SMILES string of the molecule is CC1CN(Cc2ccccc2CNC(=O)CCCNC(=O)c2ccco2)CC(C)O1. The van der Waals surface area contributed by atoms with Crippen LogP contribution in [0.15, 0.2) is 47.1 Å². The van der Waals surface area contributed by atoms with Gasteiger partial charge in [-0.3, -0.25) is 14.5 Å². The van der Waals surface area contributed by atoms with E-state index in [2.05, 4.69) is 41.5 Å². The van der Waals surface area contributed by atoms with Crippen LogP contribution in [0.1, 0.15) is 48.4 Å². The van der Waals surface area contributed by atoms with Gasteiger partial charge in [0.05, 0.1) is 18.5 Å². The number of morpholine rings is 1. The van der Waals surface area contributed by atoms with Crippen molar-refractivity contribution in [2.24, 2.45) is 0 Å². The third kappa shape index (κ3) is 6.71. The Kier molecular flexibility index (Phi) is 8.04. The lowest BCUT2D eigenvalue weighted by Crippen LogP contribution is -2.45. The highest BCUT2D eigenvalue weighted by Crippen LogP contribution is 2.17. The molecule has 0 aliphatic carbocycles. The number of carbonyl (C=O) groups is 2. The molecule has 2 atom stereocenters. The summed E-state index contributed by atoms with van der Waals surface area (Å²) < 4.78 is 10.9. The summed E-state index contributed by atoms with van der Waals surface area (Å²) in [6.45, 7) is 7.81. The highest BCUT2D eigenvalue weighted by Gasteiger charge is 2.22. The monoisotopic (exact) mass is 413 g/mol. The van der Waals surface area contributed by atoms with Gasteiger partial charge < -0.3 is 19.8 Å². The Hall–Kier alpha value is -2.64. The van der Waals surface area contributed by atoms with Gasteiger partial charge in [-0.25, -0.2) is 0 Å². The maximum absolute atomic E-state index is 12.2. The number of nitrogens with one attached hydrogen (secondary N) is 2. The average molecular weight is 414 g/mol. The fourth-order valence-corrected chi connectivity index (χ4v) is 3.77. The zero-order chi connectivity index (χ0) is 21.3. The molecule has 0 saturated carbocycles. The third-order valence-corrected chi connectivity index (χ3v) is 5.09. The summed E-state index contributed by atoms with van der Waals surface area (Å²) in [6, 6.07) is 11.5. The van der Waals surface area contributed by atoms with Crippen molar-refractivity contribution in [2.75, 3.05) is 19.6 Å². The van der Waals surface area contributed by atoms with Gasteiger partial charge in [-0.1, -0.05) is 24.3 Å². The molecule has 2 aromatic rings. The molecule has 2 amide bonds. The molecule has 0 bridgehead atoms. The summed E-state index contributed by atoms with van der Waals surface area (Å²) >= 11 is 0. The molecule has 7 nitrogen and oxygen atoms in total. The van der Waals surface area contributed by atoms with Crippen LogP contribution in [0.2, 0.25) is 0 Å². The fourth-order valence-electron chi connectivity index (χ4n) is 3.77. The van der Waals surface area contributed by atoms with Crippen molar-refractivity contribution in [2.45, 2.75) is 52.0 Å². The number of rotatable bonds is 9. The van der Waals surface area contributed by atoms with Gasteiger partial charge in [-0.05, 0) is 43.5 Å². The molecule has 2 N–H and O–H groups in total. The lowest BCUT2D eigenvalue weighted by atomic mass is 10.1. The Morgan fingerprint density at radius 1 is 1.03 bits per heavy atom. The van der Waals surface area contributed by atoms with E-state index in [-0.39, 0.29) is 29.8 Å². The first-order chi connectivity index (χ1) is 14.5. The van der Waals surface area contributed by atoms with Crippen LogP contribution < -0.4 is 10.6 Å². The second kappa shape index (κ2) is 10.9. The van der Waals surface area contributed by atoms with Gasteiger partial charge >= 0.3 is 0 Å². The van der Waals surface area contributed by atoms with Gasteiger partial charge in [0, 0.05) is 39.1 Å². The van der Waals surface area contributed by atoms with Gasteiger partial charge in [-0.2, -0.15) is 0 Å². The summed E-state index contributed by atoms with van der Waals surface area (Å²) in [5.41, 5.74) is 2.36. The molecule has 30 heavy (non-hydrogen) atoms. The number of ether oxygens (including phenoxy) is 1. The number of hydrogen-bond donors (Lipinski definition) is 2. The van der Waals surface area contributed by atoms with Crippen LogP contribution in [0.5, 0.6) is 0 Å². The molecule has 2 unspecified atom stereocenters. The Bertz CT molecular complexity index is 812. The van der Waals surface area contributed by atoms with Crippen molar-refractivity contribution >= 4 is 11.8 Å². The first-order valence-corrected chi connectivity index (χ1v) is 10.5. The molecule has 1 aliphatic rings. The molecule has 1 aromatic heterocycles. The van der Waals surface area contributed by atoms with E-state index in [0.29, 0.717) is 25.9 Å². The first kappa shape index (κ1) is 22.1. The number of benzene rings is 1. The van der Waals surface area contributed by atoms with Crippen molar-refractivity contribution < 1.29 is 18.7 Å². The second-order valence-corrected chi connectivity index (χ2v) is 7.83. The van der Waals surface area contributed by atoms with Crippen molar-refractivity contribution in [3.05, 3.63) is 59.5 Å². The maximum Gasteiger partial charge on any atom is 0.286 e. The minimum Gasteiger partial charge on any atom is -0.459 e. The standard InChI is InChI=1S/C23H31N3O4/c1-17-14-26(15-18(2)30-17)16-20-8-4-3-7-19(20)13-25-22(27)10-5-11-24-23(28)21-9-6-12-29-21/h3-4,6-9,12,17-18H,5,10-11,13-16H2,1-2H3,(H,24,28)(H,25,27). The number of hydrogen-bond acceptors (Lipinski definition) is 5. The van der Waals surface area contributed by atoms with E-state index in [0.717, 1.165) is 25.2 Å². The molecule has 1 aliphatic heterocycles. The summed E-state index contributed by atoms with van der Waals surface area (Å²) in [5.74, 6) is -0.00753. The zero-order valence-electron chi connectivity index (χ0n) is 17.7. The maximum atomic E-state index is 12.2. The highest BCUT2D eigenvalue weighted by molar-refractivity contribution is 5.91. The van der Waals surface area contributed by atoms with Crippen LogP contribution in [0.3, 0.4) is 0 Å². The Balaban J connectivity index is 1.41. The predicted molar refractivity (Wildman–Crippen MR) is 114 cm³/mol. The lowest BCUT2D eigenvalue weighted by molar-refractivity contribution is -0.121. The van der Waals surface area contributed by atoms with Crippen LogP contribution in [0.4, 0.5) is 0 Å². The molecular weight excluding hydrogens is 382 g/mol. The topological polar surface area (TPSA) is 83.8 Å². The van der Waals surface area contributed by atoms with E-state index >= 15 is 0 Å². The minimum absolute atomic E-state index is 0.0225. The van der Waals surface area contributed by atoms with Crippen molar-refractivity contribution in [1.29, 1.82) is 0 Å². The minimum atomic E-state index is -0.263. The normalized spacial score (nSPS) is 19.4. The van der Waals surface area contributed by atoms with E-state index in [9.17, 15) is 9.59 Å². The van der Waals surface area contributed by atoms with Gasteiger partial charge in [0.2, 0.25) is 5.91 Å². The molecule has 2 heterocycles. The van der Waals surface area contributed by atoms with Crippen molar-refractivity contribution in [1.82, 2.24) is 15.5 Å². The molecule has 1 saturated heterocycles. The van der Waals surface area contributed by atoms with Crippen LogP contribution in [-0.2, 0) is 22.6 Å². The van der Waals surface area contributed by atoms with E-state index < -0.39 is 0 Å². The number of furan rings is 1. The van der Waals surface area contributed by atoms with Crippen LogP contribution in [0, 0.1) is 0 Å². The Morgan fingerprint density at radius 2 is 1.77 bits per heavy atom. The third-order valence-electron chi connectivity index (χ3n) is 5.09. The fraction of sp³-hybridized carbons (Fsp3) is 0.478. The molecule has 0 radical (unpaired) electrons. The van der Waals surface area contributed by atoms with Gasteiger partial charge in [0.15, 0.2) is 5.76 Å².